The zero-order valence-electron chi connectivity index (χ0n) is 12.0. The molecule has 2 unspecified atom stereocenters. The molecule has 1 aliphatic rings. The van der Waals surface area contributed by atoms with Crippen molar-refractivity contribution in [2.75, 3.05) is 13.7 Å². The number of ether oxygens (including phenoxy) is 1. The van der Waals surface area contributed by atoms with Crippen LogP contribution < -0.4 is 0 Å². The SMILES string of the molecule is COC1CC(CC(=O)O)N(C(=O)c2ccc(C)c(Cl)c2)C1. The number of hydrogen-bond acceptors (Lipinski definition) is 3. The molecule has 1 saturated heterocycles. The standard InChI is InChI=1S/C15H18ClNO4/c1-9-3-4-10(5-13(9)16)15(20)17-8-12(21-2)6-11(17)7-14(18)19/h3-5,11-12H,6-8H2,1-2H3,(H,18,19). The Kier molecular flexibility index (Phi) is 4.85. The minimum absolute atomic E-state index is 0.0782. The molecule has 21 heavy (non-hydrogen) atoms. The summed E-state index contributed by atoms with van der Waals surface area (Å²) in [6.07, 6.45) is 0.332. The lowest BCUT2D eigenvalue weighted by molar-refractivity contribution is -0.137. The lowest BCUT2D eigenvalue weighted by Crippen LogP contribution is -2.37. The molecule has 2 atom stereocenters. The fraction of sp³-hybridized carbons (Fsp3) is 0.467. The van der Waals surface area contributed by atoms with Gasteiger partial charge >= 0.3 is 5.97 Å². The van der Waals surface area contributed by atoms with Gasteiger partial charge in [0.05, 0.1) is 12.5 Å². The second-order valence-electron chi connectivity index (χ2n) is 5.27. The predicted octanol–water partition coefficient (Wildman–Crippen LogP) is 2.35. The van der Waals surface area contributed by atoms with E-state index >= 15 is 0 Å². The lowest BCUT2D eigenvalue weighted by Gasteiger charge is -2.23. The third-order valence-corrected chi connectivity index (χ3v) is 4.21. The van der Waals surface area contributed by atoms with Gasteiger partial charge in [0.1, 0.15) is 0 Å². The Morgan fingerprint density at radius 3 is 2.76 bits per heavy atom. The number of aliphatic carboxylic acids is 1. The second kappa shape index (κ2) is 6.45. The van der Waals surface area contributed by atoms with Gasteiger partial charge in [-0.3, -0.25) is 9.59 Å². The number of halogens is 1. The Balaban J connectivity index is 2.22. The maximum absolute atomic E-state index is 12.6. The second-order valence-corrected chi connectivity index (χ2v) is 5.67. The van der Waals surface area contributed by atoms with E-state index in [1.54, 1.807) is 30.2 Å². The van der Waals surface area contributed by atoms with Crippen LogP contribution in [0.15, 0.2) is 18.2 Å². The molecule has 0 saturated carbocycles. The van der Waals surface area contributed by atoms with Gasteiger partial charge < -0.3 is 14.7 Å². The molecular weight excluding hydrogens is 294 g/mol. The lowest BCUT2D eigenvalue weighted by atomic mass is 10.1. The highest BCUT2D eigenvalue weighted by molar-refractivity contribution is 6.31. The third-order valence-electron chi connectivity index (χ3n) is 3.80. The maximum Gasteiger partial charge on any atom is 0.305 e. The number of likely N-dealkylation sites (tertiary alicyclic amines) is 1. The smallest absolute Gasteiger partial charge is 0.305 e. The van der Waals surface area contributed by atoms with Gasteiger partial charge in [-0.05, 0) is 31.0 Å². The van der Waals surface area contributed by atoms with Crippen molar-refractivity contribution in [3.05, 3.63) is 34.3 Å². The van der Waals surface area contributed by atoms with Gasteiger partial charge in [-0.2, -0.15) is 0 Å². The zero-order chi connectivity index (χ0) is 15.6. The summed E-state index contributed by atoms with van der Waals surface area (Å²) in [5.74, 6) is -1.13. The fourth-order valence-electron chi connectivity index (χ4n) is 2.58. The van der Waals surface area contributed by atoms with E-state index in [0.29, 0.717) is 23.6 Å². The number of carbonyl (C=O) groups excluding carboxylic acids is 1. The molecule has 1 amide bonds. The average Bonchev–Trinajstić information content (AvgIpc) is 2.83. The molecule has 5 nitrogen and oxygen atoms in total. The molecule has 1 fully saturated rings. The highest BCUT2D eigenvalue weighted by Gasteiger charge is 2.36. The molecule has 0 aliphatic carbocycles. The van der Waals surface area contributed by atoms with Gasteiger partial charge in [-0.1, -0.05) is 17.7 Å². The number of benzene rings is 1. The summed E-state index contributed by atoms with van der Waals surface area (Å²) in [5.41, 5.74) is 1.37. The van der Waals surface area contributed by atoms with Gasteiger partial charge in [0.15, 0.2) is 0 Å². The van der Waals surface area contributed by atoms with E-state index in [4.69, 9.17) is 21.4 Å². The summed E-state index contributed by atoms with van der Waals surface area (Å²) < 4.78 is 5.27. The molecule has 1 aliphatic heterocycles. The monoisotopic (exact) mass is 311 g/mol. The largest absolute Gasteiger partial charge is 0.481 e. The summed E-state index contributed by atoms with van der Waals surface area (Å²) in [6.45, 7) is 2.26. The molecule has 0 radical (unpaired) electrons. The molecule has 1 heterocycles. The molecule has 1 aromatic carbocycles. The zero-order valence-corrected chi connectivity index (χ0v) is 12.8. The first-order chi connectivity index (χ1) is 9.92. The van der Waals surface area contributed by atoms with Crippen LogP contribution in [0.5, 0.6) is 0 Å². The molecule has 6 heteroatoms. The highest BCUT2D eigenvalue weighted by Crippen LogP contribution is 2.26. The van der Waals surface area contributed by atoms with Crippen molar-refractivity contribution >= 4 is 23.5 Å². The van der Waals surface area contributed by atoms with E-state index in [-0.39, 0.29) is 24.5 Å². The molecule has 0 bridgehead atoms. The van der Waals surface area contributed by atoms with Gasteiger partial charge in [-0.25, -0.2) is 0 Å². The number of amides is 1. The molecular formula is C15H18ClNO4. The summed E-state index contributed by atoms with van der Waals surface area (Å²) in [4.78, 5) is 25.1. The third kappa shape index (κ3) is 3.54. The summed E-state index contributed by atoms with van der Waals surface area (Å²) in [7, 11) is 1.57. The minimum atomic E-state index is -0.920. The van der Waals surface area contributed by atoms with Crippen molar-refractivity contribution < 1.29 is 19.4 Å². The van der Waals surface area contributed by atoms with E-state index in [1.165, 1.54) is 0 Å². The van der Waals surface area contributed by atoms with Crippen LogP contribution in [-0.2, 0) is 9.53 Å². The summed E-state index contributed by atoms with van der Waals surface area (Å²) in [5, 5.41) is 9.51. The summed E-state index contributed by atoms with van der Waals surface area (Å²) in [6, 6.07) is 4.77. The number of carbonyl (C=O) groups is 2. The Hall–Kier alpha value is -1.59. The van der Waals surface area contributed by atoms with Crippen molar-refractivity contribution in [1.29, 1.82) is 0 Å². The summed E-state index contributed by atoms with van der Waals surface area (Å²) >= 11 is 6.05. The van der Waals surface area contributed by atoms with Crippen LogP contribution in [-0.4, -0.2) is 47.7 Å². The van der Waals surface area contributed by atoms with Crippen LogP contribution in [0.25, 0.3) is 0 Å². The Morgan fingerprint density at radius 1 is 1.48 bits per heavy atom. The Labute approximate surface area is 128 Å². The van der Waals surface area contributed by atoms with Crippen molar-refractivity contribution in [3.63, 3.8) is 0 Å². The van der Waals surface area contributed by atoms with Crippen LogP contribution in [0.2, 0.25) is 5.02 Å². The number of methoxy groups -OCH3 is 1. The van der Waals surface area contributed by atoms with Gasteiger partial charge in [-0.15, -0.1) is 0 Å². The number of carboxylic acid groups (broad SMARTS) is 1. The van der Waals surface area contributed by atoms with E-state index in [0.717, 1.165) is 5.56 Å². The fourth-order valence-corrected chi connectivity index (χ4v) is 2.76. The van der Waals surface area contributed by atoms with E-state index in [9.17, 15) is 9.59 Å². The van der Waals surface area contributed by atoms with Crippen LogP contribution in [0, 0.1) is 6.92 Å². The first-order valence-corrected chi connectivity index (χ1v) is 7.12. The normalized spacial score (nSPS) is 21.6. The van der Waals surface area contributed by atoms with E-state index in [2.05, 4.69) is 0 Å². The first-order valence-electron chi connectivity index (χ1n) is 6.74. The molecule has 1 N–H and O–H groups in total. The topological polar surface area (TPSA) is 66.8 Å². The first kappa shape index (κ1) is 15.8. The van der Waals surface area contributed by atoms with Crippen molar-refractivity contribution in [2.45, 2.75) is 31.9 Å². The van der Waals surface area contributed by atoms with Crippen LogP contribution in [0.3, 0.4) is 0 Å². The van der Waals surface area contributed by atoms with E-state index in [1.807, 2.05) is 6.92 Å². The molecule has 0 spiro atoms. The van der Waals surface area contributed by atoms with Gasteiger partial charge in [0.25, 0.3) is 5.91 Å². The van der Waals surface area contributed by atoms with Crippen molar-refractivity contribution in [1.82, 2.24) is 4.90 Å². The average molecular weight is 312 g/mol. The Bertz CT molecular complexity index is 561. The molecule has 1 aromatic rings. The molecule has 2 rings (SSSR count). The number of carboxylic acids is 1. The molecule has 0 aromatic heterocycles. The Morgan fingerprint density at radius 2 is 2.19 bits per heavy atom. The predicted molar refractivity (Wildman–Crippen MR) is 78.7 cm³/mol. The number of hydrogen-bond donors (Lipinski definition) is 1. The minimum Gasteiger partial charge on any atom is -0.481 e. The van der Waals surface area contributed by atoms with Crippen LogP contribution in [0.4, 0.5) is 0 Å². The van der Waals surface area contributed by atoms with Crippen LogP contribution >= 0.6 is 11.6 Å². The van der Waals surface area contributed by atoms with E-state index < -0.39 is 5.97 Å². The van der Waals surface area contributed by atoms with Gasteiger partial charge in [0.2, 0.25) is 0 Å². The number of nitrogens with zero attached hydrogens (tertiary/aromatic N) is 1. The van der Waals surface area contributed by atoms with Crippen molar-refractivity contribution in [2.24, 2.45) is 0 Å². The number of rotatable bonds is 4. The highest BCUT2D eigenvalue weighted by atomic mass is 35.5. The van der Waals surface area contributed by atoms with Gasteiger partial charge in [0, 0.05) is 30.3 Å². The number of aryl methyl sites for hydroxylation is 1. The van der Waals surface area contributed by atoms with Crippen LogP contribution in [0.1, 0.15) is 28.8 Å². The quantitative estimate of drug-likeness (QED) is 0.927. The molecule has 114 valence electrons. The maximum atomic E-state index is 12.6. The van der Waals surface area contributed by atoms with Crippen molar-refractivity contribution in [3.8, 4) is 0 Å².